The van der Waals surface area contributed by atoms with Crippen LogP contribution in [0.15, 0.2) is 83.8 Å². The maximum Gasteiger partial charge on any atom is 0.335 e. The zero-order chi connectivity index (χ0) is 18.6. The monoisotopic (exact) mass is 368 g/mol. The first-order valence-corrected chi connectivity index (χ1v) is 9.21. The van der Waals surface area contributed by atoms with Crippen molar-refractivity contribution in [3.05, 3.63) is 84.4 Å². The van der Waals surface area contributed by atoms with Crippen molar-refractivity contribution in [2.45, 2.75) is 4.90 Å². The SMILES string of the molecule is O=C(O)c1ccc(S(=O)(=O)Nc2ccccc2Nc2ccccc2)cc1. The standard InChI is InChI=1S/C19H16N2O4S/c22-19(23)14-10-12-16(13-11-14)26(24,25)21-18-9-5-4-8-17(18)20-15-6-2-1-3-7-15/h1-13,20-21H,(H,22,23). The molecule has 0 spiro atoms. The number of hydrogen-bond donors (Lipinski definition) is 3. The van der Waals surface area contributed by atoms with Crippen LogP contribution in [0.25, 0.3) is 0 Å². The summed E-state index contributed by atoms with van der Waals surface area (Å²) in [5.41, 5.74) is 1.84. The van der Waals surface area contributed by atoms with Gasteiger partial charge < -0.3 is 10.4 Å². The summed E-state index contributed by atoms with van der Waals surface area (Å²) < 4.78 is 27.7. The average Bonchev–Trinajstić information content (AvgIpc) is 2.64. The Morgan fingerprint density at radius 1 is 0.769 bits per heavy atom. The van der Waals surface area contributed by atoms with E-state index in [1.807, 2.05) is 30.3 Å². The van der Waals surface area contributed by atoms with Gasteiger partial charge in [-0.15, -0.1) is 0 Å². The third-order valence-electron chi connectivity index (χ3n) is 3.64. The first kappa shape index (κ1) is 17.5. The van der Waals surface area contributed by atoms with E-state index in [1.165, 1.54) is 24.3 Å². The lowest BCUT2D eigenvalue weighted by molar-refractivity contribution is 0.0696. The molecule has 0 unspecified atom stereocenters. The normalized spacial score (nSPS) is 10.9. The number of aromatic carboxylic acids is 1. The van der Waals surface area contributed by atoms with Crippen molar-refractivity contribution in [3.8, 4) is 0 Å². The fraction of sp³-hybridized carbons (Fsp3) is 0. The van der Waals surface area contributed by atoms with E-state index in [-0.39, 0.29) is 10.5 Å². The highest BCUT2D eigenvalue weighted by atomic mass is 32.2. The average molecular weight is 368 g/mol. The van der Waals surface area contributed by atoms with Gasteiger partial charge in [-0.2, -0.15) is 0 Å². The van der Waals surface area contributed by atoms with Crippen molar-refractivity contribution >= 4 is 33.1 Å². The summed E-state index contributed by atoms with van der Waals surface area (Å²) in [5.74, 6) is -1.11. The molecule has 0 heterocycles. The molecule has 0 aliphatic carbocycles. The predicted octanol–water partition coefficient (Wildman–Crippen LogP) is 3.93. The Kier molecular flexibility index (Phi) is 4.90. The highest BCUT2D eigenvalue weighted by Crippen LogP contribution is 2.27. The van der Waals surface area contributed by atoms with Gasteiger partial charge in [0, 0.05) is 5.69 Å². The Hall–Kier alpha value is -3.32. The van der Waals surface area contributed by atoms with Gasteiger partial charge >= 0.3 is 5.97 Å². The molecule has 6 nitrogen and oxygen atoms in total. The van der Waals surface area contributed by atoms with Gasteiger partial charge in [-0.3, -0.25) is 4.72 Å². The number of sulfonamides is 1. The smallest absolute Gasteiger partial charge is 0.335 e. The quantitative estimate of drug-likeness (QED) is 0.613. The van der Waals surface area contributed by atoms with E-state index < -0.39 is 16.0 Å². The molecule has 132 valence electrons. The summed E-state index contributed by atoms with van der Waals surface area (Å²) in [4.78, 5) is 10.9. The van der Waals surface area contributed by atoms with Crippen molar-refractivity contribution < 1.29 is 18.3 Å². The zero-order valence-corrected chi connectivity index (χ0v) is 14.4. The number of benzene rings is 3. The first-order chi connectivity index (χ1) is 12.5. The molecule has 0 saturated heterocycles. The van der Waals surface area contributed by atoms with Gasteiger partial charge in [-0.05, 0) is 48.5 Å². The third-order valence-corrected chi connectivity index (χ3v) is 5.02. The van der Waals surface area contributed by atoms with Crippen LogP contribution in [0.5, 0.6) is 0 Å². The summed E-state index contributed by atoms with van der Waals surface area (Å²) >= 11 is 0. The lowest BCUT2D eigenvalue weighted by Gasteiger charge is -2.14. The van der Waals surface area contributed by atoms with E-state index in [0.29, 0.717) is 11.4 Å². The molecule has 0 bridgehead atoms. The number of nitrogens with one attached hydrogen (secondary N) is 2. The number of carbonyl (C=O) groups is 1. The molecule has 0 atom stereocenters. The number of rotatable bonds is 6. The van der Waals surface area contributed by atoms with Crippen LogP contribution in [-0.2, 0) is 10.0 Å². The fourth-order valence-corrected chi connectivity index (χ4v) is 3.42. The minimum atomic E-state index is -3.85. The van der Waals surface area contributed by atoms with Crippen LogP contribution in [0.3, 0.4) is 0 Å². The van der Waals surface area contributed by atoms with E-state index in [9.17, 15) is 13.2 Å². The molecule has 7 heteroatoms. The molecule has 0 aromatic heterocycles. The maximum absolute atomic E-state index is 12.6. The molecular weight excluding hydrogens is 352 g/mol. The van der Waals surface area contributed by atoms with Crippen molar-refractivity contribution in [1.82, 2.24) is 0 Å². The summed E-state index contributed by atoms with van der Waals surface area (Å²) in [6.45, 7) is 0. The minimum Gasteiger partial charge on any atom is -0.478 e. The van der Waals surface area contributed by atoms with Gasteiger partial charge in [0.1, 0.15) is 0 Å². The van der Waals surface area contributed by atoms with Crippen molar-refractivity contribution in [1.29, 1.82) is 0 Å². The van der Waals surface area contributed by atoms with Crippen LogP contribution in [0.2, 0.25) is 0 Å². The van der Waals surface area contributed by atoms with Crippen LogP contribution in [0.4, 0.5) is 17.1 Å². The van der Waals surface area contributed by atoms with Crippen molar-refractivity contribution in [2.24, 2.45) is 0 Å². The zero-order valence-electron chi connectivity index (χ0n) is 13.6. The molecule has 0 saturated carbocycles. The Labute approximate surface area is 151 Å². The summed E-state index contributed by atoms with van der Waals surface area (Å²) in [7, 11) is -3.85. The summed E-state index contributed by atoms with van der Waals surface area (Å²) in [6, 6.07) is 21.3. The molecule has 26 heavy (non-hydrogen) atoms. The Bertz CT molecular complexity index is 1020. The molecule has 3 aromatic rings. The fourth-order valence-electron chi connectivity index (χ4n) is 2.34. The van der Waals surface area contributed by atoms with E-state index >= 15 is 0 Å². The van der Waals surface area contributed by atoms with Gasteiger partial charge in [-0.1, -0.05) is 30.3 Å². The first-order valence-electron chi connectivity index (χ1n) is 7.73. The molecule has 0 aliphatic heterocycles. The highest BCUT2D eigenvalue weighted by molar-refractivity contribution is 7.92. The van der Waals surface area contributed by atoms with Crippen LogP contribution in [0.1, 0.15) is 10.4 Å². The Morgan fingerprint density at radius 3 is 1.96 bits per heavy atom. The second-order valence-electron chi connectivity index (χ2n) is 5.47. The van der Waals surface area contributed by atoms with Gasteiger partial charge in [0.05, 0.1) is 21.8 Å². The molecule has 3 N–H and O–H groups in total. The van der Waals surface area contributed by atoms with E-state index in [0.717, 1.165) is 5.69 Å². The van der Waals surface area contributed by atoms with E-state index in [2.05, 4.69) is 10.0 Å². The molecule has 0 aliphatic rings. The number of carboxylic acid groups (broad SMARTS) is 1. The van der Waals surface area contributed by atoms with Crippen LogP contribution >= 0.6 is 0 Å². The van der Waals surface area contributed by atoms with E-state index in [1.54, 1.807) is 24.3 Å². The lowest BCUT2D eigenvalue weighted by atomic mass is 10.2. The molecule has 0 amide bonds. The second-order valence-corrected chi connectivity index (χ2v) is 7.15. The van der Waals surface area contributed by atoms with Gasteiger partial charge in [0.2, 0.25) is 0 Å². The number of para-hydroxylation sites is 3. The topological polar surface area (TPSA) is 95.5 Å². The largest absolute Gasteiger partial charge is 0.478 e. The molecule has 3 rings (SSSR count). The maximum atomic E-state index is 12.6. The number of carboxylic acids is 1. The van der Waals surface area contributed by atoms with Crippen molar-refractivity contribution in [3.63, 3.8) is 0 Å². The van der Waals surface area contributed by atoms with Crippen molar-refractivity contribution in [2.75, 3.05) is 10.0 Å². The van der Waals surface area contributed by atoms with Gasteiger partial charge in [-0.25, -0.2) is 13.2 Å². The minimum absolute atomic E-state index is 0.0167. The second kappa shape index (κ2) is 7.28. The molecule has 3 aromatic carbocycles. The highest BCUT2D eigenvalue weighted by Gasteiger charge is 2.16. The number of anilines is 3. The van der Waals surface area contributed by atoms with Crippen LogP contribution < -0.4 is 10.0 Å². The van der Waals surface area contributed by atoms with Crippen LogP contribution in [0, 0.1) is 0 Å². The van der Waals surface area contributed by atoms with Gasteiger partial charge in [0.15, 0.2) is 0 Å². The Morgan fingerprint density at radius 2 is 1.35 bits per heavy atom. The molecule has 0 radical (unpaired) electrons. The summed E-state index contributed by atoms with van der Waals surface area (Å²) in [5, 5.41) is 12.1. The molecular formula is C19H16N2O4S. The molecule has 0 fully saturated rings. The lowest BCUT2D eigenvalue weighted by Crippen LogP contribution is -2.14. The van der Waals surface area contributed by atoms with Gasteiger partial charge in [0.25, 0.3) is 10.0 Å². The van der Waals surface area contributed by atoms with E-state index in [4.69, 9.17) is 5.11 Å². The Balaban J connectivity index is 1.87. The number of hydrogen-bond acceptors (Lipinski definition) is 4. The third kappa shape index (κ3) is 4.01. The summed E-state index contributed by atoms with van der Waals surface area (Å²) in [6.07, 6.45) is 0. The van der Waals surface area contributed by atoms with Crippen LogP contribution in [-0.4, -0.2) is 19.5 Å². The predicted molar refractivity (Wildman–Crippen MR) is 100 cm³/mol.